The van der Waals surface area contributed by atoms with Gasteiger partial charge in [0.1, 0.15) is 17.7 Å². The lowest BCUT2D eigenvalue weighted by atomic mass is 10.2. The molecule has 0 saturated carbocycles. The second-order valence-electron chi connectivity index (χ2n) is 6.44. The number of halogens is 4. The number of carbonyl (C=O) groups is 1. The van der Waals surface area contributed by atoms with Crippen molar-refractivity contribution in [3.05, 3.63) is 70.5 Å². The lowest BCUT2D eigenvalue weighted by Crippen LogP contribution is -2.21. The average molecular weight is 485 g/mol. The van der Waals surface area contributed by atoms with E-state index in [1.165, 1.54) is 18.5 Å². The molecule has 0 spiro atoms. The van der Waals surface area contributed by atoms with E-state index >= 15 is 0 Å². The first-order chi connectivity index (χ1) is 16.2. The highest BCUT2D eigenvalue weighted by Gasteiger charge is 2.41. The lowest BCUT2D eigenvalue weighted by molar-refractivity contribution is -0.143. The molecule has 0 atom stereocenters. The first kappa shape index (κ1) is 22.4. The highest BCUT2D eigenvalue weighted by atomic mass is 35.5. The van der Waals surface area contributed by atoms with E-state index in [1.54, 1.807) is 6.07 Å². The maximum absolute atomic E-state index is 13.9. The molecule has 168 valence electrons. The number of alkyl halides is 3. The van der Waals surface area contributed by atoms with Crippen LogP contribution < -0.4 is 5.32 Å². The Morgan fingerprint density at radius 1 is 1.00 bits per heavy atom. The van der Waals surface area contributed by atoms with Gasteiger partial charge in [-0.25, -0.2) is 14.6 Å². The number of carbonyl (C=O) groups excluding carboxylic acids is 1. The van der Waals surface area contributed by atoms with E-state index < -0.39 is 29.2 Å². The van der Waals surface area contributed by atoms with Crippen LogP contribution in [0.1, 0.15) is 27.2 Å². The molecule has 0 aliphatic rings. The molecule has 0 saturated heterocycles. The van der Waals surface area contributed by atoms with Crippen molar-refractivity contribution in [1.29, 1.82) is 10.5 Å². The smallest absolute Gasteiger partial charge is 0.320 e. The Bertz CT molecular complexity index is 1480. The number of rotatable bonds is 4. The Morgan fingerprint density at radius 2 is 1.71 bits per heavy atom. The number of nitrogens with zero attached hydrogens (tertiary/aromatic N) is 9. The van der Waals surface area contributed by atoms with Crippen LogP contribution in [0.3, 0.4) is 0 Å². The summed E-state index contributed by atoms with van der Waals surface area (Å²) in [5, 5.41) is 31.6. The van der Waals surface area contributed by atoms with E-state index in [2.05, 4.69) is 30.6 Å². The summed E-state index contributed by atoms with van der Waals surface area (Å²) in [7, 11) is 0. The Hall–Kier alpha value is -4.82. The molecule has 4 rings (SSSR count). The number of hydrogen-bond acceptors (Lipinski definition) is 8. The van der Waals surface area contributed by atoms with Gasteiger partial charge in [0.2, 0.25) is 0 Å². The zero-order valence-corrected chi connectivity index (χ0v) is 17.2. The molecule has 1 amide bonds. The van der Waals surface area contributed by atoms with Gasteiger partial charge in [-0.1, -0.05) is 11.6 Å². The van der Waals surface area contributed by atoms with Gasteiger partial charge >= 0.3 is 6.18 Å². The van der Waals surface area contributed by atoms with E-state index in [1.807, 2.05) is 6.07 Å². The van der Waals surface area contributed by atoms with Gasteiger partial charge < -0.3 is 5.32 Å². The third-order valence-electron chi connectivity index (χ3n) is 4.29. The van der Waals surface area contributed by atoms with Gasteiger partial charge in [0.25, 0.3) is 5.91 Å². The molecule has 1 N–H and O–H groups in total. The number of hydrogen-bond donors (Lipinski definition) is 1. The van der Waals surface area contributed by atoms with Gasteiger partial charge in [0.15, 0.2) is 17.3 Å². The molecule has 34 heavy (non-hydrogen) atoms. The van der Waals surface area contributed by atoms with Crippen molar-refractivity contribution in [2.24, 2.45) is 0 Å². The van der Waals surface area contributed by atoms with Crippen molar-refractivity contribution in [2.45, 2.75) is 6.18 Å². The normalized spacial score (nSPS) is 11.0. The molecule has 4 aromatic rings. The largest absolute Gasteiger partial charge is 0.434 e. The minimum Gasteiger partial charge on any atom is -0.320 e. The maximum Gasteiger partial charge on any atom is 0.434 e. The Kier molecular flexibility index (Phi) is 5.66. The van der Waals surface area contributed by atoms with Gasteiger partial charge in [-0.2, -0.15) is 39.0 Å². The fraction of sp³-hybridized carbons (Fsp3) is 0.0526. The first-order valence-electron chi connectivity index (χ1n) is 9.02. The van der Waals surface area contributed by atoms with Crippen LogP contribution in [0.4, 0.5) is 18.9 Å². The van der Waals surface area contributed by atoms with Crippen molar-refractivity contribution in [3.8, 4) is 23.8 Å². The molecule has 0 radical (unpaired) electrons. The predicted octanol–water partition coefficient (Wildman–Crippen LogP) is 2.91. The molecule has 11 nitrogen and oxygen atoms in total. The van der Waals surface area contributed by atoms with Gasteiger partial charge in [0.05, 0.1) is 46.6 Å². The van der Waals surface area contributed by atoms with Crippen LogP contribution in [0.25, 0.3) is 11.6 Å². The second-order valence-corrected chi connectivity index (χ2v) is 6.84. The summed E-state index contributed by atoms with van der Waals surface area (Å²) in [6.45, 7) is 0. The Labute approximate surface area is 192 Å². The van der Waals surface area contributed by atoms with Crippen molar-refractivity contribution in [1.82, 2.24) is 34.7 Å². The van der Waals surface area contributed by atoms with Crippen LogP contribution in [0.5, 0.6) is 0 Å². The number of pyridine rings is 2. The van der Waals surface area contributed by atoms with Crippen molar-refractivity contribution in [3.63, 3.8) is 0 Å². The SMILES string of the molecule is N#Cc1cnc(-n2ncc(C(=O)Nc3cnc(-n4nccn4)c(C#N)c3)c2C(F)(F)F)c(Cl)c1. The molecule has 0 aliphatic carbocycles. The van der Waals surface area contributed by atoms with Crippen LogP contribution in [-0.2, 0) is 6.18 Å². The summed E-state index contributed by atoms with van der Waals surface area (Å²) in [5.41, 5.74) is -2.31. The Balaban J connectivity index is 1.71. The first-order valence-corrected chi connectivity index (χ1v) is 9.40. The van der Waals surface area contributed by atoms with E-state index in [4.69, 9.17) is 16.9 Å². The highest BCUT2D eigenvalue weighted by molar-refractivity contribution is 6.32. The molecule has 0 fully saturated rings. The lowest BCUT2D eigenvalue weighted by Gasteiger charge is -2.13. The topological polar surface area (TPSA) is 151 Å². The van der Waals surface area contributed by atoms with Crippen LogP contribution in [0.15, 0.2) is 43.1 Å². The molecule has 0 unspecified atom stereocenters. The number of nitriles is 2. The zero-order valence-electron chi connectivity index (χ0n) is 16.5. The number of amides is 1. The molecule has 15 heteroatoms. The molecule has 0 bridgehead atoms. The predicted molar refractivity (Wildman–Crippen MR) is 108 cm³/mol. The summed E-state index contributed by atoms with van der Waals surface area (Å²) in [5.74, 6) is -1.52. The van der Waals surface area contributed by atoms with Crippen molar-refractivity contribution >= 4 is 23.2 Å². The monoisotopic (exact) mass is 484 g/mol. The number of nitrogens with one attached hydrogen (secondary N) is 1. The molecular weight excluding hydrogens is 477 g/mol. The summed E-state index contributed by atoms with van der Waals surface area (Å²) in [4.78, 5) is 21.6. The van der Waals surface area contributed by atoms with Gasteiger partial charge in [-0.15, -0.1) is 4.80 Å². The van der Waals surface area contributed by atoms with Gasteiger partial charge in [-0.05, 0) is 12.1 Å². The maximum atomic E-state index is 13.9. The molecule has 0 aliphatic heterocycles. The van der Waals surface area contributed by atoms with E-state index in [-0.39, 0.29) is 27.7 Å². The molecule has 4 aromatic heterocycles. The van der Waals surface area contributed by atoms with Crippen LogP contribution in [0.2, 0.25) is 5.02 Å². The quantitative estimate of drug-likeness (QED) is 0.464. The van der Waals surface area contributed by atoms with E-state index in [0.717, 1.165) is 23.3 Å². The van der Waals surface area contributed by atoms with Crippen LogP contribution >= 0.6 is 11.6 Å². The van der Waals surface area contributed by atoms with E-state index in [9.17, 15) is 23.2 Å². The van der Waals surface area contributed by atoms with Crippen LogP contribution in [0, 0.1) is 22.7 Å². The third-order valence-corrected chi connectivity index (χ3v) is 4.57. The summed E-state index contributed by atoms with van der Waals surface area (Å²) < 4.78 is 42.1. The molecule has 4 heterocycles. The van der Waals surface area contributed by atoms with Gasteiger partial charge in [-0.3, -0.25) is 4.79 Å². The second kappa shape index (κ2) is 8.61. The van der Waals surface area contributed by atoms with E-state index in [0.29, 0.717) is 10.9 Å². The molecular formula is C19H8ClF3N10O. The molecule has 0 aromatic carbocycles. The van der Waals surface area contributed by atoms with Crippen molar-refractivity contribution in [2.75, 3.05) is 5.32 Å². The highest BCUT2D eigenvalue weighted by Crippen LogP contribution is 2.35. The fourth-order valence-corrected chi connectivity index (χ4v) is 3.13. The summed E-state index contributed by atoms with van der Waals surface area (Å²) >= 11 is 5.98. The summed E-state index contributed by atoms with van der Waals surface area (Å²) in [6.07, 6.45) is 0.568. The average Bonchev–Trinajstić information content (AvgIpc) is 3.49. The van der Waals surface area contributed by atoms with Crippen LogP contribution in [-0.4, -0.2) is 40.6 Å². The summed E-state index contributed by atoms with van der Waals surface area (Å²) in [6, 6.07) is 5.95. The minimum absolute atomic E-state index is 0.0296. The zero-order chi connectivity index (χ0) is 24.5. The standard InChI is InChI=1S/C19H8ClF3N10O/c20-14-3-10(5-24)7-26-17(14)32-15(19(21,22)23)13(9-30-32)18(34)31-12-4-11(6-25)16(27-8-12)33-28-1-2-29-33/h1-4,7-9H,(H,31,34). The van der Waals surface area contributed by atoms with Crippen molar-refractivity contribution < 1.29 is 18.0 Å². The third kappa shape index (κ3) is 4.13. The Morgan fingerprint density at radius 3 is 2.32 bits per heavy atom. The van der Waals surface area contributed by atoms with Gasteiger partial charge in [0, 0.05) is 6.20 Å². The minimum atomic E-state index is -5.02. The number of anilines is 1. The fourth-order valence-electron chi connectivity index (χ4n) is 2.89. The number of aromatic nitrogens is 7.